The van der Waals surface area contributed by atoms with Crippen molar-refractivity contribution in [3.8, 4) is 0 Å². The Bertz CT molecular complexity index is 413. The zero-order valence-corrected chi connectivity index (χ0v) is 11.5. The molecule has 6 heteroatoms. The SMILES string of the molecule is Cl.NC(Cc1ccccc1F)C(=O)N1CCSC1. The second-order valence-corrected chi connectivity index (χ2v) is 5.12. The van der Waals surface area contributed by atoms with Crippen molar-refractivity contribution in [2.45, 2.75) is 12.5 Å². The van der Waals surface area contributed by atoms with Crippen molar-refractivity contribution in [2.75, 3.05) is 18.2 Å². The average molecular weight is 291 g/mol. The number of benzene rings is 1. The van der Waals surface area contributed by atoms with Crippen LogP contribution in [0.3, 0.4) is 0 Å². The molecule has 1 aromatic carbocycles. The molecular weight excluding hydrogens is 275 g/mol. The van der Waals surface area contributed by atoms with Crippen LogP contribution in [0.1, 0.15) is 5.56 Å². The van der Waals surface area contributed by atoms with Gasteiger partial charge in [-0.15, -0.1) is 24.2 Å². The summed E-state index contributed by atoms with van der Waals surface area (Å²) >= 11 is 1.71. The van der Waals surface area contributed by atoms with Crippen molar-refractivity contribution in [1.82, 2.24) is 4.90 Å². The van der Waals surface area contributed by atoms with Crippen LogP contribution in [0, 0.1) is 5.82 Å². The number of halogens is 2. The van der Waals surface area contributed by atoms with Crippen molar-refractivity contribution in [3.63, 3.8) is 0 Å². The first-order valence-corrected chi connectivity index (χ1v) is 6.69. The van der Waals surface area contributed by atoms with Crippen LogP contribution in [0.5, 0.6) is 0 Å². The fourth-order valence-electron chi connectivity index (χ4n) is 1.81. The van der Waals surface area contributed by atoms with Crippen molar-refractivity contribution in [2.24, 2.45) is 5.73 Å². The molecule has 100 valence electrons. The molecule has 18 heavy (non-hydrogen) atoms. The average Bonchev–Trinajstić information content (AvgIpc) is 2.84. The maximum absolute atomic E-state index is 13.4. The normalized spacial score (nSPS) is 16.2. The molecule has 2 N–H and O–H groups in total. The lowest BCUT2D eigenvalue weighted by molar-refractivity contribution is -0.131. The van der Waals surface area contributed by atoms with Crippen LogP contribution >= 0.6 is 24.2 Å². The number of carbonyl (C=O) groups excluding carboxylic acids is 1. The Morgan fingerprint density at radius 1 is 1.50 bits per heavy atom. The van der Waals surface area contributed by atoms with E-state index in [0.717, 1.165) is 12.3 Å². The van der Waals surface area contributed by atoms with E-state index in [4.69, 9.17) is 5.73 Å². The lowest BCUT2D eigenvalue weighted by atomic mass is 10.1. The predicted molar refractivity (Wildman–Crippen MR) is 74.4 cm³/mol. The number of hydrogen-bond acceptors (Lipinski definition) is 3. The van der Waals surface area contributed by atoms with Gasteiger partial charge in [0.25, 0.3) is 0 Å². The molecule has 0 radical (unpaired) electrons. The number of carbonyl (C=O) groups is 1. The second-order valence-electron chi connectivity index (χ2n) is 4.04. The Kier molecular flexibility index (Phi) is 5.91. The van der Waals surface area contributed by atoms with Gasteiger partial charge in [-0.05, 0) is 18.1 Å². The maximum atomic E-state index is 13.4. The number of thioether (sulfide) groups is 1. The van der Waals surface area contributed by atoms with Crippen LogP contribution in [-0.2, 0) is 11.2 Å². The third-order valence-electron chi connectivity index (χ3n) is 2.78. The van der Waals surface area contributed by atoms with Crippen molar-refractivity contribution in [1.29, 1.82) is 0 Å². The summed E-state index contributed by atoms with van der Waals surface area (Å²) in [5.41, 5.74) is 6.33. The van der Waals surface area contributed by atoms with Crippen molar-refractivity contribution < 1.29 is 9.18 Å². The molecule has 0 spiro atoms. The number of amides is 1. The molecule has 1 aliphatic heterocycles. The first-order valence-electron chi connectivity index (χ1n) is 5.54. The van der Waals surface area contributed by atoms with E-state index in [9.17, 15) is 9.18 Å². The summed E-state index contributed by atoms with van der Waals surface area (Å²) in [6.07, 6.45) is 0.257. The van der Waals surface area contributed by atoms with Gasteiger partial charge in [-0.2, -0.15) is 0 Å². The van der Waals surface area contributed by atoms with Crippen molar-refractivity contribution >= 4 is 30.1 Å². The lowest BCUT2D eigenvalue weighted by Crippen LogP contribution is -2.43. The van der Waals surface area contributed by atoms with Crippen LogP contribution in [0.25, 0.3) is 0 Å². The Morgan fingerprint density at radius 2 is 2.22 bits per heavy atom. The number of nitrogens with two attached hydrogens (primary N) is 1. The third kappa shape index (κ3) is 3.60. The molecule has 1 fully saturated rings. The Hall–Kier alpha value is -0.780. The summed E-state index contributed by atoms with van der Waals surface area (Å²) in [7, 11) is 0. The van der Waals surface area contributed by atoms with Crippen LogP contribution in [0.2, 0.25) is 0 Å². The molecule has 1 amide bonds. The summed E-state index contributed by atoms with van der Waals surface area (Å²) in [5, 5.41) is 0. The van der Waals surface area contributed by atoms with E-state index < -0.39 is 6.04 Å². The highest BCUT2D eigenvalue weighted by atomic mass is 35.5. The monoisotopic (exact) mass is 290 g/mol. The molecule has 0 bridgehead atoms. The van der Waals surface area contributed by atoms with Gasteiger partial charge < -0.3 is 10.6 Å². The molecule has 1 atom stereocenters. The van der Waals surface area contributed by atoms with E-state index >= 15 is 0 Å². The molecule has 1 aliphatic rings. The topological polar surface area (TPSA) is 46.3 Å². The van der Waals surface area contributed by atoms with Crippen LogP contribution in [0.4, 0.5) is 4.39 Å². The summed E-state index contributed by atoms with van der Waals surface area (Å²) in [4.78, 5) is 13.7. The van der Waals surface area contributed by atoms with Gasteiger partial charge in [0.2, 0.25) is 5.91 Å². The molecule has 0 aliphatic carbocycles. The summed E-state index contributed by atoms with van der Waals surface area (Å²) < 4.78 is 13.4. The summed E-state index contributed by atoms with van der Waals surface area (Å²) in [5.74, 6) is 1.27. The van der Waals surface area contributed by atoms with Crippen LogP contribution in [-0.4, -0.2) is 35.0 Å². The fraction of sp³-hybridized carbons (Fsp3) is 0.417. The highest BCUT2D eigenvalue weighted by Crippen LogP contribution is 2.15. The van der Waals surface area contributed by atoms with Crippen molar-refractivity contribution in [3.05, 3.63) is 35.6 Å². The van der Waals surface area contributed by atoms with Gasteiger partial charge in [0, 0.05) is 12.3 Å². The van der Waals surface area contributed by atoms with E-state index in [0.29, 0.717) is 11.4 Å². The van der Waals surface area contributed by atoms with Crippen LogP contribution in [0.15, 0.2) is 24.3 Å². The first kappa shape index (κ1) is 15.3. The molecular formula is C12H16ClFN2OS. The highest BCUT2D eigenvalue weighted by molar-refractivity contribution is 7.99. The third-order valence-corrected chi connectivity index (χ3v) is 3.74. The minimum atomic E-state index is -0.648. The van der Waals surface area contributed by atoms with E-state index in [2.05, 4.69) is 0 Å². The van der Waals surface area contributed by atoms with E-state index in [1.54, 1.807) is 34.9 Å². The molecule has 3 nitrogen and oxygen atoms in total. The van der Waals surface area contributed by atoms with Gasteiger partial charge in [0.15, 0.2) is 0 Å². The zero-order valence-electron chi connectivity index (χ0n) is 9.84. The maximum Gasteiger partial charge on any atom is 0.240 e. The molecule has 1 saturated heterocycles. The van der Waals surface area contributed by atoms with E-state index in [1.807, 2.05) is 0 Å². The van der Waals surface area contributed by atoms with E-state index in [1.165, 1.54) is 6.07 Å². The Morgan fingerprint density at radius 3 is 2.83 bits per heavy atom. The van der Waals surface area contributed by atoms with Gasteiger partial charge in [-0.25, -0.2) is 4.39 Å². The zero-order chi connectivity index (χ0) is 12.3. The predicted octanol–water partition coefficient (Wildman–Crippen LogP) is 1.65. The molecule has 0 aromatic heterocycles. The van der Waals surface area contributed by atoms with Crippen LogP contribution < -0.4 is 5.73 Å². The first-order chi connectivity index (χ1) is 8.18. The number of hydrogen-bond donors (Lipinski definition) is 1. The second kappa shape index (κ2) is 6.97. The fourth-order valence-corrected chi connectivity index (χ4v) is 2.77. The Balaban J connectivity index is 0.00000162. The minimum Gasteiger partial charge on any atom is -0.331 e. The number of nitrogens with zero attached hydrogens (tertiary/aromatic N) is 1. The van der Waals surface area contributed by atoms with Gasteiger partial charge in [-0.1, -0.05) is 18.2 Å². The molecule has 0 saturated carbocycles. The Labute approximate surface area is 116 Å². The highest BCUT2D eigenvalue weighted by Gasteiger charge is 2.24. The van der Waals surface area contributed by atoms with Gasteiger partial charge in [0.1, 0.15) is 5.82 Å². The number of rotatable bonds is 3. The quantitative estimate of drug-likeness (QED) is 0.921. The smallest absolute Gasteiger partial charge is 0.240 e. The standard InChI is InChI=1S/C12H15FN2OS.ClH/c13-10-4-2-1-3-9(10)7-11(14)12(16)15-5-6-17-8-15;/h1-4,11H,5-8,14H2;1H. The van der Waals surface area contributed by atoms with E-state index in [-0.39, 0.29) is 30.6 Å². The molecule has 2 rings (SSSR count). The molecule has 1 aromatic rings. The minimum absolute atomic E-state index is 0. The van der Waals surface area contributed by atoms with Gasteiger partial charge in [0.05, 0.1) is 11.9 Å². The molecule has 1 heterocycles. The van der Waals surface area contributed by atoms with Gasteiger partial charge >= 0.3 is 0 Å². The summed E-state index contributed by atoms with van der Waals surface area (Å²) in [6, 6.07) is 5.79. The summed E-state index contributed by atoms with van der Waals surface area (Å²) in [6.45, 7) is 0.745. The van der Waals surface area contributed by atoms with Gasteiger partial charge in [-0.3, -0.25) is 4.79 Å². The lowest BCUT2D eigenvalue weighted by Gasteiger charge is -2.19. The molecule has 1 unspecified atom stereocenters. The largest absolute Gasteiger partial charge is 0.331 e.